The summed E-state index contributed by atoms with van der Waals surface area (Å²) in [4.78, 5) is 18.3. The quantitative estimate of drug-likeness (QED) is 0.125. The van der Waals surface area contributed by atoms with E-state index in [2.05, 4.69) is 461 Å². The van der Waals surface area contributed by atoms with Crippen molar-refractivity contribution in [2.75, 3.05) is 31.5 Å². The van der Waals surface area contributed by atoms with Crippen molar-refractivity contribution in [3.63, 3.8) is 0 Å². The van der Waals surface area contributed by atoms with Gasteiger partial charge in [0.1, 0.15) is 41.0 Å². The molecule has 14 nitrogen and oxygen atoms in total. The lowest BCUT2D eigenvalue weighted by molar-refractivity contribution is -0.744. The molecule has 15 aromatic rings. The summed E-state index contributed by atoms with van der Waals surface area (Å²) >= 11 is 0. The lowest BCUT2D eigenvalue weighted by Gasteiger charge is -2.34. The lowest BCUT2D eigenvalue weighted by Crippen LogP contribution is -2.37. The number of rotatable bonds is 10. The van der Waals surface area contributed by atoms with Crippen LogP contribution in [0.3, 0.4) is 0 Å². The molecule has 0 amide bonds. The van der Waals surface area contributed by atoms with Crippen LogP contribution in [0.2, 0.25) is 0 Å². The van der Waals surface area contributed by atoms with Gasteiger partial charge in [0, 0.05) is 95.7 Å². The minimum atomic E-state index is 0.262. The van der Waals surface area contributed by atoms with Crippen molar-refractivity contribution in [2.45, 2.75) is 120 Å². The van der Waals surface area contributed by atoms with E-state index in [1.54, 1.807) is 6.20 Å². The van der Waals surface area contributed by atoms with Crippen molar-refractivity contribution in [1.82, 2.24) is 23.8 Å². The van der Waals surface area contributed by atoms with E-state index in [9.17, 15) is 0 Å². The minimum absolute atomic E-state index is 0.262. The highest BCUT2D eigenvalue weighted by Gasteiger charge is 2.32. The molecule has 10 aromatic carbocycles. The van der Waals surface area contributed by atoms with Gasteiger partial charge in [-0.25, -0.2) is 14.1 Å². The standard InChI is InChI=1S/C23H30N2.C21H18N3O.C17H18N2.C15H15N2.C12H16N2.C11H13N2/c1-16(2)20-11-9-12-21(17(3)4)23(20)25-15-14-24(19(25)6)22-13-8-7-10-18(22)5;1-13-10-11-14-15-7-6-12-22-20(15)25-19(14)18(13)21-23(2)16-8-4-5-9-17(16)24(21)3;1-14-8-6-7-11-17(14)19-13-12-18(15(19)2)16-9-4-3-5-10-16;1-12-7-3-5-9-14(12)17-15-10-6-4-8-13(15)11-16(17)2;1-10-6-4-5-7-12(10)14-9-8-13(3)11(14)2;1-10-6-3-4-7-11(10)13-9-5-8-12(13)2/h7-17,19H,1-6H3;4-12H,1-3H3;3-13,15H,1-2H3;3-11H,1-2H3;4-9,11H,1-3H3;3-9H,1-2H3/q;+1;;+1;;+1/t19-;;15-;;11-;/m1.0.0./s1. The summed E-state index contributed by atoms with van der Waals surface area (Å²) in [6.45, 7) is 28.7. The van der Waals surface area contributed by atoms with Gasteiger partial charge in [-0.1, -0.05) is 191 Å². The Kier molecular flexibility index (Phi) is 24.1. The maximum absolute atomic E-state index is 6.19. The summed E-state index contributed by atoms with van der Waals surface area (Å²) in [5.41, 5.74) is 25.8. The van der Waals surface area contributed by atoms with Crippen LogP contribution >= 0.6 is 0 Å². The van der Waals surface area contributed by atoms with Crippen molar-refractivity contribution in [1.29, 1.82) is 0 Å². The number of aryl methyl sites for hydroxylation is 10. The molecule has 3 atom stereocenters. The molecule has 0 N–H and O–H groups in total. The van der Waals surface area contributed by atoms with Crippen LogP contribution in [0.1, 0.15) is 105 Å². The Balaban J connectivity index is 0.000000120. The number of hydrogen-bond donors (Lipinski definition) is 0. The fraction of sp³-hybridized carbons (Fsp3) is 0.232. The van der Waals surface area contributed by atoms with Crippen molar-refractivity contribution < 1.29 is 18.3 Å². The van der Waals surface area contributed by atoms with Crippen LogP contribution in [0.25, 0.3) is 66.8 Å². The third-order valence-corrected chi connectivity index (χ3v) is 22.1. The fourth-order valence-corrected chi connectivity index (χ4v) is 15.7. The summed E-state index contributed by atoms with van der Waals surface area (Å²) in [5, 5.41) is 3.42. The van der Waals surface area contributed by atoms with Gasteiger partial charge in [-0.15, -0.1) is 18.7 Å². The number of anilines is 5. The Bertz CT molecular complexity index is 5830. The van der Waals surface area contributed by atoms with Crippen LogP contribution in [0.15, 0.2) is 315 Å². The van der Waals surface area contributed by atoms with E-state index in [-0.39, 0.29) is 6.17 Å². The van der Waals surface area contributed by atoms with Crippen LogP contribution in [-0.4, -0.2) is 49.4 Å². The van der Waals surface area contributed by atoms with Gasteiger partial charge in [0.25, 0.3) is 5.82 Å². The van der Waals surface area contributed by atoms with Gasteiger partial charge in [0.15, 0.2) is 36.9 Å². The molecule has 0 bridgehead atoms. The first kappa shape index (κ1) is 78.4. The van der Waals surface area contributed by atoms with Crippen molar-refractivity contribution in [3.8, 4) is 22.8 Å². The SMILES string of the molecule is Cc1ccc2c(oc3ncccc32)c1-c1n(C)c2ccccc2[n+]1C.Cc1ccccc1-n1c2ccccc2c[n+]1C.Cc1ccccc1-n1ccc[n+]1C.Cc1ccccc1N1C=CN(C)[C@@H]1C.Cc1ccccc1N1C=CN(c2c(C(C)C)cccc2C(C)C)[C@@H]1C.Cc1ccccc1N1C=CN(c2ccccc2)[C@@H]1C. The minimum Gasteiger partial charge on any atom is -0.437 e. The van der Waals surface area contributed by atoms with Crippen molar-refractivity contribution in [2.24, 2.45) is 28.2 Å². The molecule has 18 rings (SSSR count). The van der Waals surface area contributed by atoms with Crippen molar-refractivity contribution in [3.05, 3.63) is 355 Å². The third kappa shape index (κ3) is 16.4. The van der Waals surface area contributed by atoms with E-state index in [0.717, 1.165) is 27.7 Å². The molecular weight excluding hydrogens is 1390 g/mol. The van der Waals surface area contributed by atoms with Crippen molar-refractivity contribution >= 4 is 72.4 Å². The summed E-state index contributed by atoms with van der Waals surface area (Å²) in [7, 11) is 10.4. The Labute approximate surface area is 668 Å². The first-order valence-corrected chi connectivity index (χ1v) is 39.5. The molecule has 5 aromatic heterocycles. The van der Waals surface area contributed by atoms with E-state index in [1.807, 2.05) is 31.4 Å². The predicted molar refractivity (Wildman–Crippen MR) is 471 cm³/mol. The molecule has 0 saturated carbocycles. The average molecular weight is 1500 g/mol. The molecule has 3 aliphatic heterocycles. The first-order valence-electron chi connectivity index (χ1n) is 39.5. The zero-order chi connectivity index (χ0) is 79.7. The van der Waals surface area contributed by atoms with Gasteiger partial charge in [0.2, 0.25) is 11.9 Å². The number of fused-ring (bicyclic) bond motifs is 5. The molecule has 3 aliphatic rings. The third-order valence-electron chi connectivity index (χ3n) is 22.1. The van der Waals surface area contributed by atoms with Crippen LogP contribution in [0.4, 0.5) is 28.4 Å². The van der Waals surface area contributed by atoms with E-state index in [4.69, 9.17) is 4.42 Å². The highest BCUT2D eigenvalue weighted by Crippen LogP contribution is 2.42. The average Bonchev–Trinajstić information content (AvgIpc) is 1.60. The summed E-state index contributed by atoms with van der Waals surface area (Å²) in [5.74, 6) is 2.13. The van der Waals surface area contributed by atoms with E-state index < -0.39 is 0 Å². The summed E-state index contributed by atoms with van der Waals surface area (Å²) in [6, 6.07) is 86.9. The molecule has 8 heterocycles. The summed E-state index contributed by atoms with van der Waals surface area (Å²) in [6.07, 6.45) is 22.0. The van der Waals surface area contributed by atoms with Gasteiger partial charge in [-0.2, -0.15) is 0 Å². The largest absolute Gasteiger partial charge is 0.437 e. The number of para-hydroxylation sites is 10. The van der Waals surface area contributed by atoms with E-state index in [1.165, 1.54) is 106 Å². The highest BCUT2D eigenvalue weighted by molar-refractivity contribution is 6.08. The number of furan rings is 1. The van der Waals surface area contributed by atoms with Crippen LogP contribution < -0.4 is 38.4 Å². The molecular formula is C99H110N13O+3. The van der Waals surface area contributed by atoms with Crippen LogP contribution in [0, 0.1) is 41.5 Å². The predicted octanol–water partition coefficient (Wildman–Crippen LogP) is 21.7. The number of hydrogen-bond acceptors (Lipinski definition) is 8. The molecule has 0 spiro atoms. The molecule has 14 heteroatoms. The number of nitrogens with zero attached hydrogens (tertiary/aromatic N) is 13. The maximum Gasteiger partial charge on any atom is 0.293 e. The molecule has 574 valence electrons. The normalized spacial score (nSPS) is 14.8. The molecule has 0 unspecified atom stereocenters. The number of aromatic nitrogens is 7. The fourth-order valence-electron chi connectivity index (χ4n) is 15.7. The number of pyridine rings is 1. The monoisotopic (exact) mass is 1500 g/mol. The van der Waals surface area contributed by atoms with Gasteiger partial charge in [0.05, 0.1) is 25.7 Å². The Morgan fingerprint density at radius 1 is 0.398 bits per heavy atom. The molecule has 0 radical (unpaired) electrons. The number of benzene rings is 10. The zero-order valence-electron chi connectivity index (χ0n) is 69.1. The second-order valence-corrected chi connectivity index (χ2v) is 30.4. The van der Waals surface area contributed by atoms with Gasteiger partial charge >= 0.3 is 0 Å². The topological polar surface area (TPSA) is 71.9 Å². The Hall–Kier alpha value is -12.7. The highest BCUT2D eigenvalue weighted by atomic mass is 16.3. The van der Waals surface area contributed by atoms with E-state index in [0.29, 0.717) is 29.9 Å². The molecule has 0 aliphatic carbocycles. The van der Waals surface area contributed by atoms with Gasteiger partial charge in [-0.05, 0) is 198 Å². The molecule has 0 fully saturated rings. The van der Waals surface area contributed by atoms with Crippen LogP contribution in [0.5, 0.6) is 0 Å². The first-order chi connectivity index (χ1) is 54.6. The van der Waals surface area contributed by atoms with E-state index >= 15 is 0 Å². The van der Waals surface area contributed by atoms with Crippen LogP contribution in [-0.2, 0) is 28.2 Å². The van der Waals surface area contributed by atoms with Gasteiger partial charge < -0.3 is 33.8 Å². The Morgan fingerprint density at radius 3 is 1.41 bits per heavy atom. The second-order valence-electron chi connectivity index (χ2n) is 30.4. The summed E-state index contributed by atoms with van der Waals surface area (Å²) < 4.78 is 19.2. The zero-order valence-corrected chi connectivity index (χ0v) is 69.1. The Morgan fingerprint density at radius 2 is 0.876 bits per heavy atom. The van der Waals surface area contributed by atoms with Gasteiger partial charge in [-0.3, -0.25) is 0 Å². The lowest BCUT2D eigenvalue weighted by atomic mass is 9.92. The molecule has 0 saturated heterocycles. The second kappa shape index (κ2) is 34.7. The maximum atomic E-state index is 6.19. The molecule has 113 heavy (non-hydrogen) atoms. The smallest absolute Gasteiger partial charge is 0.293 e. The number of imidazole rings is 1.